The molecule has 2 heterocycles. The van der Waals surface area contributed by atoms with Gasteiger partial charge in [0.25, 0.3) is 0 Å². The monoisotopic (exact) mass is 310 g/mol. The molecule has 2 rings (SSSR count). The van der Waals surface area contributed by atoms with E-state index in [2.05, 4.69) is 34.0 Å². The predicted octanol–water partition coefficient (Wildman–Crippen LogP) is 2.65. The lowest BCUT2D eigenvalue weighted by Crippen LogP contribution is -2.45. The van der Waals surface area contributed by atoms with E-state index >= 15 is 0 Å². The molecular weight excluding hydrogens is 288 g/mol. The highest BCUT2D eigenvalue weighted by atomic mass is 35.5. The zero-order chi connectivity index (χ0) is 15.2. The number of anilines is 1. The van der Waals surface area contributed by atoms with Crippen LogP contribution in [0, 0.1) is 5.92 Å². The highest BCUT2D eigenvalue weighted by molar-refractivity contribution is 6.32. The summed E-state index contributed by atoms with van der Waals surface area (Å²) >= 11 is 6.14. The second kappa shape index (κ2) is 7.59. The molecule has 1 amide bonds. The van der Waals surface area contributed by atoms with Gasteiger partial charge in [0, 0.05) is 19.1 Å². The zero-order valence-corrected chi connectivity index (χ0v) is 13.4. The highest BCUT2D eigenvalue weighted by Gasteiger charge is 2.28. The Labute approximate surface area is 131 Å². The van der Waals surface area contributed by atoms with E-state index in [4.69, 9.17) is 11.6 Å². The van der Waals surface area contributed by atoms with E-state index in [1.807, 2.05) is 0 Å². The van der Waals surface area contributed by atoms with Gasteiger partial charge < -0.3 is 10.2 Å². The van der Waals surface area contributed by atoms with Crippen molar-refractivity contribution >= 4 is 23.3 Å². The molecule has 5 nitrogen and oxygen atoms in total. The van der Waals surface area contributed by atoms with Crippen molar-refractivity contribution in [3.63, 3.8) is 0 Å². The van der Waals surface area contributed by atoms with Crippen molar-refractivity contribution in [2.24, 2.45) is 5.92 Å². The van der Waals surface area contributed by atoms with E-state index < -0.39 is 0 Å². The van der Waals surface area contributed by atoms with Gasteiger partial charge in [0.2, 0.25) is 5.91 Å². The number of halogens is 1. The third-order valence-corrected chi connectivity index (χ3v) is 4.12. The summed E-state index contributed by atoms with van der Waals surface area (Å²) < 4.78 is 0. The van der Waals surface area contributed by atoms with Crippen molar-refractivity contribution in [2.75, 3.05) is 18.0 Å². The van der Waals surface area contributed by atoms with Crippen molar-refractivity contribution in [1.29, 1.82) is 0 Å². The summed E-state index contributed by atoms with van der Waals surface area (Å²) in [5.41, 5.74) is 0. The van der Waals surface area contributed by atoms with Crippen LogP contribution >= 0.6 is 11.6 Å². The number of hydrogen-bond acceptors (Lipinski definition) is 4. The Bertz CT molecular complexity index is 482. The summed E-state index contributed by atoms with van der Waals surface area (Å²) in [6, 6.07) is 0.237. The SMILES string of the molecule is CCCC(C)NC(=O)C1CCCN(c2ncncc2Cl)C1. The fourth-order valence-corrected chi connectivity index (χ4v) is 3.01. The highest BCUT2D eigenvalue weighted by Crippen LogP contribution is 2.26. The minimum atomic E-state index is 0.00379. The molecule has 1 fully saturated rings. The molecule has 0 aliphatic carbocycles. The van der Waals surface area contributed by atoms with Crippen LogP contribution in [-0.2, 0) is 4.79 Å². The number of aromatic nitrogens is 2. The number of carbonyl (C=O) groups is 1. The first-order valence-corrected chi connectivity index (χ1v) is 8.00. The Balaban J connectivity index is 1.97. The third kappa shape index (κ3) is 4.30. The average molecular weight is 311 g/mol. The predicted molar refractivity (Wildman–Crippen MR) is 84.5 cm³/mol. The molecule has 21 heavy (non-hydrogen) atoms. The summed E-state index contributed by atoms with van der Waals surface area (Å²) in [6.07, 6.45) is 7.07. The second-order valence-electron chi connectivity index (χ2n) is 5.68. The number of nitrogens with zero attached hydrogens (tertiary/aromatic N) is 3. The molecule has 0 aromatic carbocycles. The molecule has 0 radical (unpaired) electrons. The summed E-state index contributed by atoms with van der Waals surface area (Å²) in [7, 11) is 0. The van der Waals surface area contributed by atoms with Gasteiger partial charge in [-0.05, 0) is 26.2 Å². The molecule has 2 unspecified atom stereocenters. The van der Waals surface area contributed by atoms with Crippen LogP contribution in [0.5, 0.6) is 0 Å². The fourth-order valence-electron chi connectivity index (χ4n) is 2.79. The van der Waals surface area contributed by atoms with Crippen LogP contribution in [0.3, 0.4) is 0 Å². The number of hydrogen-bond donors (Lipinski definition) is 1. The van der Waals surface area contributed by atoms with Gasteiger partial charge >= 0.3 is 0 Å². The third-order valence-electron chi connectivity index (χ3n) is 3.85. The van der Waals surface area contributed by atoms with Crippen LogP contribution in [0.25, 0.3) is 0 Å². The van der Waals surface area contributed by atoms with Crippen LogP contribution < -0.4 is 10.2 Å². The van der Waals surface area contributed by atoms with Crippen LogP contribution in [0.1, 0.15) is 39.5 Å². The lowest BCUT2D eigenvalue weighted by molar-refractivity contribution is -0.125. The molecule has 1 aliphatic heterocycles. The first-order valence-electron chi connectivity index (χ1n) is 7.62. The molecule has 2 atom stereocenters. The van der Waals surface area contributed by atoms with Gasteiger partial charge in [0.15, 0.2) is 5.82 Å². The molecule has 1 aromatic heterocycles. The lowest BCUT2D eigenvalue weighted by Gasteiger charge is -2.33. The van der Waals surface area contributed by atoms with Gasteiger partial charge in [-0.15, -0.1) is 0 Å². The van der Waals surface area contributed by atoms with E-state index in [1.165, 1.54) is 6.33 Å². The van der Waals surface area contributed by atoms with Gasteiger partial charge in [-0.1, -0.05) is 24.9 Å². The average Bonchev–Trinajstić information content (AvgIpc) is 2.48. The number of amides is 1. The number of nitrogens with one attached hydrogen (secondary N) is 1. The summed E-state index contributed by atoms with van der Waals surface area (Å²) in [5.74, 6) is 0.876. The quantitative estimate of drug-likeness (QED) is 0.908. The Morgan fingerprint density at radius 1 is 1.62 bits per heavy atom. The molecule has 1 aromatic rings. The molecule has 1 saturated heterocycles. The van der Waals surface area contributed by atoms with Crippen molar-refractivity contribution in [1.82, 2.24) is 15.3 Å². The van der Waals surface area contributed by atoms with Gasteiger partial charge in [-0.2, -0.15) is 0 Å². The maximum atomic E-state index is 12.3. The first-order chi connectivity index (χ1) is 10.1. The molecule has 6 heteroatoms. The largest absolute Gasteiger partial charge is 0.354 e. The van der Waals surface area contributed by atoms with Gasteiger partial charge in [-0.25, -0.2) is 9.97 Å². The van der Waals surface area contributed by atoms with Crippen LogP contribution in [0.4, 0.5) is 5.82 Å². The Morgan fingerprint density at radius 2 is 2.43 bits per heavy atom. The summed E-state index contributed by atoms with van der Waals surface area (Å²) in [4.78, 5) is 22.6. The summed E-state index contributed by atoms with van der Waals surface area (Å²) in [5, 5.41) is 3.65. The van der Waals surface area contributed by atoms with Gasteiger partial charge in [0.05, 0.1) is 12.1 Å². The standard InChI is InChI=1S/C15H23ClN4O/c1-3-5-11(2)19-15(21)12-6-4-7-20(9-12)14-13(16)8-17-10-18-14/h8,10-12H,3-7,9H2,1-2H3,(H,19,21). The van der Waals surface area contributed by atoms with Crippen molar-refractivity contribution in [3.05, 3.63) is 17.5 Å². The minimum absolute atomic E-state index is 0.00379. The topological polar surface area (TPSA) is 58.1 Å². The molecule has 1 N–H and O–H groups in total. The van der Waals surface area contributed by atoms with Crippen molar-refractivity contribution in [3.8, 4) is 0 Å². The molecule has 0 saturated carbocycles. The molecule has 1 aliphatic rings. The Hall–Kier alpha value is -1.36. The lowest BCUT2D eigenvalue weighted by atomic mass is 9.96. The molecule has 0 bridgehead atoms. The first kappa shape index (κ1) is 16.0. The van der Waals surface area contributed by atoms with E-state index in [1.54, 1.807) is 6.20 Å². The van der Waals surface area contributed by atoms with E-state index in [-0.39, 0.29) is 17.9 Å². The molecule has 0 spiro atoms. The normalized spacial score (nSPS) is 20.1. The second-order valence-corrected chi connectivity index (χ2v) is 6.08. The maximum absolute atomic E-state index is 12.3. The Kier molecular flexibility index (Phi) is 5.79. The maximum Gasteiger partial charge on any atom is 0.225 e. The van der Waals surface area contributed by atoms with Gasteiger partial charge in [0.1, 0.15) is 11.3 Å². The minimum Gasteiger partial charge on any atom is -0.354 e. The zero-order valence-electron chi connectivity index (χ0n) is 12.7. The van der Waals surface area contributed by atoms with Crippen LogP contribution in [-0.4, -0.2) is 35.0 Å². The number of piperidine rings is 1. The fraction of sp³-hybridized carbons (Fsp3) is 0.667. The van der Waals surface area contributed by atoms with Gasteiger partial charge in [-0.3, -0.25) is 4.79 Å². The van der Waals surface area contributed by atoms with E-state index in [9.17, 15) is 4.79 Å². The van der Waals surface area contributed by atoms with E-state index in [0.29, 0.717) is 11.6 Å². The van der Waals surface area contributed by atoms with Crippen molar-refractivity contribution in [2.45, 2.75) is 45.6 Å². The summed E-state index contributed by atoms with van der Waals surface area (Å²) in [6.45, 7) is 5.73. The molecule has 116 valence electrons. The molecular formula is C15H23ClN4O. The number of rotatable bonds is 5. The smallest absolute Gasteiger partial charge is 0.225 e. The van der Waals surface area contributed by atoms with E-state index in [0.717, 1.165) is 38.0 Å². The van der Waals surface area contributed by atoms with Crippen LogP contribution in [0.2, 0.25) is 5.02 Å². The Morgan fingerprint density at radius 3 is 3.14 bits per heavy atom. The van der Waals surface area contributed by atoms with Crippen LogP contribution in [0.15, 0.2) is 12.5 Å². The van der Waals surface area contributed by atoms with Crippen molar-refractivity contribution < 1.29 is 4.79 Å². The number of carbonyl (C=O) groups excluding carboxylic acids is 1.